The second kappa shape index (κ2) is 7.40. The first-order chi connectivity index (χ1) is 13.3. The number of hydrogen-bond acceptors (Lipinski definition) is 5. The summed E-state index contributed by atoms with van der Waals surface area (Å²) in [6.07, 6.45) is 0.922. The number of anilines is 1. The summed E-state index contributed by atoms with van der Waals surface area (Å²) in [5.74, 6) is 0.391. The number of hydrogen-bond donors (Lipinski definition) is 2. The Labute approximate surface area is 167 Å². The van der Waals surface area contributed by atoms with Gasteiger partial charge in [-0.2, -0.15) is 10.5 Å². The summed E-state index contributed by atoms with van der Waals surface area (Å²) >= 11 is 6.00. The van der Waals surface area contributed by atoms with Gasteiger partial charge in [0, 0.05) is 10.6 Å². The minimum absolute atomic E-state index is 0.111. The minimum Gasteiger partial charge on any atom is -0.485 e. The van der Waals surface area contributed by atoms with Crippen LogP contribution in [0.4, 0.5) is 5.69 Å². The van der Waals surface area contributed by atoms with Crippen LogP contribution in [0.2, 0.25) is 5.02 Å². The molecule has 0 fully saturated rings. The van der Waals surface area contributed by atoms with Gasteiger partial charge in [-0.05, 0) is 50.2 Å². The lowest BCUT2D eigenvalue weighted by Gasteiger charge is -2.40. The molecular formula is C20H18ClN5O2. The summed E-state index contributed by atoms with van der Waals surface area (Å²) in [5, 5.41) is 30.0. The largest absolute Gasteiger partial charge is 0.485 e. The first kappa shape index (κ1) is 19.5. The van der Waals surface area contributed by atoms with Crippen LogP contribution in [0.1, 0.15) is 31.0 Å². The molecule has 142 valence electrons. The van der Waals surface area contributed by atoms with Crippen LogP contribution < -0.4 is 15.4 Å². The van der Waals surface area contributed by atoms with Gasteiger partial charge in [-0.25, -0.2) is 9.89 Å². The van der Waals surface area contributed by atoms with Gasteiger partial charge in [-0.3, -0.25) is 0 Å². The molecule has 3 rings (SSSR count). The molecule has 8 heteroatoms. The molecule has 28 heavy (non-hydrogen) atoms. The molecular weight excluding hydrogens is 378 g/mol. The van der Waals surface area contributed by atoms with Crippen LogP contribution >= 0.6 is 11.6 Å². The van der Waals surface area contributed by atoms with Crippen LogP contribution in [0.15, 0.2) is 47.5 Å². The topological polar surface area (TPSA) is 119 Å². The van der Waals surface area contributed by atoms with Crippen LogP contribution in [-0.2, 0) is 0 Å². The lowest BCUT2D eigenvalue weighted by Crippen LogP contribution is -2.49. The van der Waals surface area contributed by atoms with Crippen LogP contribution in [0, 0.1) is 22.8 Å². The molecule has 7 nitrogen and oxygen atoms in total. The summed E-state index contributed by atoms with van der Waals surface area (Å²) < 4.78 is 5.86. The highest BCUT2D eigenvalue weighted by atomic mass is 35.5. The summed E-state index contributed by atoms with van der Waals surface area (Å²) in [6, 6.07) is 12.8. The number of aliphatic imine (C=N–C) groups is 1. The van der Waals surface area contributed by atoms with Crippen LogP contribution in [0.3, 0.4) is 0 Å². The molecule has 2 unspecified atom stereocenters. The third-order valence-electron chi connectivity index (χ3n) is 4.51. The average Bonchev–Trinajstić information content (AvgIpc) is 2.65. The molecule has 1 aliphatic heterocycles. The number of fused-ring (bicyclic) bond motifs is 1. The van der Waals surface area contributed by atoms with Crippen LogP contribution in [0.25, 0.3) is 0 Å². The predicted octanol–water partition coefficient (Wildman–Crippen LogP) is 3.09. The van der Waals surface area contributed by atoms with E-state index >= 15 is 0 Å². The van der Waals surface area contributed by atoms with E-state index in [9.17, 15) is 15.6 Å². The van der Waals surface area contributed by atoms with Gasteiger partial charge in [-0.1, -0.05) is 17.7 Å². The molecule has 0 saturated carbocycles. The molecule has 3 N–H and O–H groups in total. The van der Waals surface area contributed by atoms with Gasteiger partial charge in [0.2, 0.25) is 5.96 Å². The maximum absolute atomic E-state index is 10.8. The van der Waals surface area contributed by atoms with Gasteiger partial charge in [0.1, 0.15) is 23.5 Å². The molecule has 0 radical (unpaired) electrons. The number of ether oxygens (including phenoxy) is 1. The Morgan fingerprint density at radius 1 is 1.29 bits per heavy atom. The van der Waals surface area contributed by atoms with E-state index in [4.69, 9.17) is 22.1 Å². The lowest BCUT2D eigenvalue weighted by molar-refractivity contribution is -0.0567. The number of guanidine groups is 1. The fraction of sp³-hybridized carbons (Fsp3) is 0.250. The van der Waals surface area contributed by atoms with E-state index in [0.29, 0.717) is 27.6 Å². The summed E-state index contributed by atoms with van der Waals surface area (Å²) in [4.78, 5) is 5.54. The number of aliphatic hydroxyl groups excluding tert-OH is 1. The van der Waals surface area contributed by atoms with Crippen molar-refractivity contribution in [3.8, 4) is 18.0 Å². The standard InChI is InChI=1S/C20H18ClN5O2/c1-20(2)18(27)17(15-8-12(10-22)6-7-16(15)28-20)25-19(24)26(11-23)14-5-3-4-13(21)9-14/h3-9,17-18,27H,1-2H3,(H2,24,25). The fourth-order valence-electron chi connectivity index (χ4n) is 3.03. The Kier molecular flexibility index (Phi) is 5.15. The maximum Gasteiger partial charge on any atom is 0.210 e. The molecule has 0 saturated heterocycles. The summed E-state index contributed by atoms with van der Waals surface area (Å²) in [5.41, 5.74) is 6.55. The van der Waals surface area contributed by atoms with Crippen molar-refractivity contribution < 1.29 is 9.84 Å². The number of halogens is 1. The molecule has 0 aromatic heterocycles. The van der Waals surface area contributed by atoms with Crippen molar-refractivity contribution in [2.24, 2.45) is 10.7 Å². The van der Waals surface area contributed by atoms with Crippen LogP contribution in [0.5, 0.6) is 5.75 Å². The lowest BCUT2D eigenvalue weighted by atomic mass is 9.86. The molecule has 0 amide bonds. The number of benzene rings is 2. The highest BCUT2D eigenvalue weighted by Crippen LogP contribution is 2.42. The van der Waals surface area contributed by atoms with Gasteiger partial charge < -0.3 is 15.6 Å². The van der Waals surface area contributed by atoms with Crippen molar-refractivity contribution in [3.63, 3.8) is 0 Å². The smallest absolute Gasteiger partial charge is 0.210 e. The zero-order valence-corrected chi connectivity index (χ0v) is 16.1. The van der Waals surface area contributed by atoms with E-state index in [0.717, 1.165) is 4.90 Å². The Balaban J connectivity index is 2.08. The molecule has 2 atom stereocenters. The van der Waals surface area contributed by atoms with Gasteiger partial charge in [-0.15, -0.1) is 0 Å². The molecule has 0 aliphatic carbocycles. The molecule has 1 aliphatic rings. The zero-order valence-electron chi connectivity index (χ0n) is 15.3. The predicted molar refractivity (Wildman–Crippen MR) is 106 cm³/mol. The van der Waals surface area contributed by atoms with Crippen molar-refractivity contribution in [3.05, 3.63) is 58.6 Å². The van der Waals surface area contributed by atoms with E-state index in [1.54, 1.807) is 56.3 Å². The highest BCUT2D eigenvalue weighted by molar-refractivity contribution is 6.31. The third kappa shape index (κ3) is 3.59. The highest BCUT2D eigenvalue weighted by Gasteiger charge is 2.43. The normalized spacial score (nSPS) is 20.3. The number of nitrogens with zero attached hydrogens (tertiary/aromatic N) is 4. The van der Waals surface area contributed by atoms with Gasteiger partial charge >= 0.3 is 0 Å². The van der Waals surface area contributed by atoms with E-state index < -0.39 is 17.7 Å². The second-order valence-corrected chi connectivity index (χ2v) is 7.30. The van der Waals surface area contributed by atoms with Crippen molar-refractivity contribution in [2.75, 3.05) is 4.90 Å². The average molecular weight is 396 g/mol. The van der Waals surface area contributed by atoms with Gasteiger partial charge in [0.25, 0.3) is 0 Å². The quantitative estimate of drug-likeness (QED) is 0.349. The molecule has 2 aromatic rings. The Morgan fingerprint density at radius 2 is 2.04 bits per heavy atom. The van der Waals surface area contributed by atoms with E-state index in [1.807, 2.05) is 6.19 Å². The summed E-state index contributed by atoms with van der Waals surface area (Å²) in [6.45, 7) is 3.47. The maximum atomic E-state index is 10.8. The first-order valence-electron chi connectivity index (χ1n) is 8.46. The number of rotatable bonds is 2. The molecule has 0 bridgehead atoms. The zero-order chi connectivity index (χ0) is 20.5. The fourth-order valence-corrected chi connectivity index (χ4v) is 3.22. The minimum atomic E-state index is -1.05. The Hall–Kier alpha value is -3.26. The first-order valence-corrected chi connectivity index (χ1v) is 8.84. The van der Waals surface area contributed by atoms with E-state index in [-0.39, 0.29) is 5.96 Å². The SMILES string of the molecule is CC1(C)Oc2ccc(C#N)cc2C(N=C(N)N(C#N)c2cccc(Cl)c2)C1O. The number of aliphatic hydroxyl groups is 1. The van der Waals surface area contributed by atoms with Crippen LogP contribution in [-0.4, -0.2) is 22.8 Å². The molecule has 1 heterocycles. The molecule has 0 spiro atoms. The van der Waals surface area contributed by atoms with Gasteiger partial charge in [0.15, 0.2) is 6.19 Å². The third-order valence-corrected chi connectivity index (χ3v) is 4.74. The van der Waals surface area contributed by atoms with E-state index in [2.05, 4.69) is 11.1 Å². The van der Waals surface area contributed by atoms with Crippen molar-refractivity contribution in [1.82, 2.24) is 0 Å². The number of nitrogens with two attached hydrogens (primary N) is 1. The molecule has 2 aromatic carbocycles. The monoisotopic (exact) mass is 395 g/mol. The van der Waals surface area contributed by atoms with Crippen molar-refractivity contribution >= 4 is 23.2 Å². The van der Waals surface area contributed by atoms with Gasteiger partial charge in [0.05, 0.1) is 17.3 Å². The van der Waals surface area contributed by atoms with Crippen molar-refractivity contribution in [1.29, 1.82) is 10.5 Å². The summed E-state index contributed by atoms with van der Waals surface area (Å²) in [7, 11) is 0. The second-order valence-electron chi connectivity index (χ2n) is 6.86. The Morgan fingerprint density at radius 3 is 2.68 bits per heavy atom. The number of nitriles is 2. The van der Waals surface area contributed by atoms with Crippen molar-refractivity contribution in [2.45, 2.75) is 31.6 Å². The van der Waals surface area contributed by atoms with E-state index in [1.165, 1.54) is 0 Å². The Bertz CT molecular complexity index is 1020.